The second kappa shape index (κ2) is 7.94. The summed E-state index contributed by atoms with van der Waals surface area (Å²) >= 11 is 9.22. The highest BCUT2D eigenvalue weighted by Crippen LogP contribution is 2.37. The van der Waals surface area contributed by atoms with E-state index in [2.05, 4.69) is 5.38 Å². The second-order valence-corrected chi connectivity index (χ2v) is 9.46. The number of benzene rings is 2. The van der Waals surface area contributed by atoms with Crippen LogP contribution in [0.25, 0.3) is 10.9 Å². The predicted molar refractivity (Wildman–Crippen MR) is 120 cm³/mol. The van der Waals surface area contributed by atoms with Gasteiger partial charge in [-0.3, -0.25) is 9.36 Å². The summed E-state index contributed by atoms with van der Waals surface area (Å²) in [5, 5.41) is 5.41. The van der Waals surface area contributed by atoms with Crippen LogP contribution in [0.5, 0.6) is 0 Å². The van der Waals surface area contributed by atoms with Crippen molar-refractivity contribution >= 4 is 45.6 Å². The lowest BCUT2D eigenvalue weighted by atomic mass is 10.2. The average molecular weight is 440 g/mol. The first-order chi connectivity index (χ1) is 14.2. The van der Waals surface area contributed by atoms with Crippen LogP contribution < -0.4 is 5.56 Å². The maximum Gasteiger partial charge on any atom is 0.262 e. The third-order valence-electron chi connectivity index (χ3n) is 4.90. The van der Waals surface area contributed by atoms with E-state index in [-0.39, 0.29) is 11.6 Å². The van der Waals surface area contributed by atoms with Crippen LogP contribution in [0, 0.1) is 0 Å². The molecule has 0 amide bonds. The minimum Gasteiger partial charge on any atom is -0.284 e. The molecule has 4 nitrogen and oxygen atoms in total. The summed E-state index contributed by atoms with van der Waals surface area (Å²) in [7, 11) is 0. The minimum atomic E-state index is 0.0716. The van der Waals surface area contributed by atoms with Gasteiger partial charge in [0.05, 0.1) is 21.6 Å². The Morgan fingerprint density at radius 1 is 1.10 bits per heavy atom. The van der Waals surface area contributed by atoms with Crippen LogP contribution in [0.2, 0.25) is 5.02 Å². The maximum atomic E-state index is 13.0. The van der Waals surface area contributed by atoms with Crippen molar-refractivity contribution in [1.82, 2.24) is 14.5 Å². The monoisotopic (exact) mass is 439 g/mol. The summed E-state index contributed by atoms with van der Waals surface area (Å²) in [6.45, 7) is 0. The molecule has 1 aliphatic rings. The Kier molecular flexibility index (Phi) is 5.16. The van der Waals surface area contributed by atoms with Gasteiger partial charge in [-0.15, -0.1) is 11.3 Å². The normalized spacial score (nSPS) is 13.8. The number of hydrogen-bond donors (Lipinski definition) is 0. The third kappa shape index (κ3) is 4.10. The Morgan fingerprint density at radius 2 is 1.90 bits per heavy atom. The highest BCUT2D eigenvalue weighted by Gasteiger charge is 2.28. The number of halogens is 1. The zero-order chi connectivity index (χ0) is 19.8. The van der Waals surface area contributed by atoms with Crippen molar-refractivity contribution in [3.05, 3.63) is 85.6 Å². The molecule has 5 rings (SSSR count). The summed E-state index contributed by atoms with van der Waals surface area (Å²) in [4.78, 5) is 22.5. The Hall–Kier alpha value is -2.15. The Bertz CT molecular complexity index is 1230. The van der Waals surface area contributed by atoms with Crippen LogP contribution in [0.15, 0.2) is 63.9 Å². The molecule has 0 atom stereocenters. The zero-order valence-corrected chi connectivity index (χ0v) is 17.9. The van der Waals surface area contributed by atoms with Crippen LogP contribution in [0.3, 0.4) is 0 Å². The molecule has 2 aromatic carbocycles. The summed E-state index contributed by atoms with van der Waals surface area (Å²) < 4.78 is 1.88. The van der Waals surface area contributed by atoms with Gasteiger partial charge in [0.1, 0.15) is 0 Å². The fourth-order valence-electron chi connectivity index (χ4n) is 3.29. The number of thiazole rings is 1. The highest BCUT2D eigenvalue weighted by molar-refractivity contribution is 7.98. The van der Waals surface area contributed by atoms with Crippen molar-refractivity contribution in [3.63, 3.8) is 0 Å². The van der Waals surface area contributed by atoms with E-state index in [0.29, 0.717) is 11.1 Å². The number of thioether (sulfide) groups is 1. The quantitative estimate of drug-likeness (QED) is 0.284. The van der Waals surface area contributed by atoms with Crippen LogP contribution >= 0.6 is 34.7 Å². The van der Waals surface area contributed by atoms with Gasteiger partial charge in [-0.2, -0.15) is 0 Å². The summed E-state index contributed by atoms with van der Waals surface area (Å²) in [6.07, 6.45) is 2.90. The van der Waals surface area contributed by atoms with E-state index in [1.165, 1.54) is 5.56 Å². The smallest absolute Gasteiger partial charge is 0.262 e. The van der Waals surface area contributed by atoms with Crippen molar-refractivity contribution in [3.8, 4) is 0 Å². The standard InChI is InChI=1S/C22H18ClN3OS2/c23-15-7-5-14(6-8-15)11-20-24-16(12-28-20)13-29-22-25-19-4-2-1-3-18(19)21(27)26(22)17-9-10-17/h1-8,12,17H,9-11,13H2. The van der Waals surface area contributed by atoms with Gasteiger partial charge in [-0.25, -0.2) is 9.97 Å². The van der Waals surface area contributed by atoms with Gasteiger partial charge in [0.15, 0.2) is 5.16 Å². The first kappa shape index (κ1) is 18.9. The Morgan fingerprint density at radius 3 is 2.69 bits per heavy atom. The predicted octanol–water partition coefficient (Wildman–Crippen LogP) is 5.72. The van der Waals surface area contributed by atoms with Crippen LogP contribution in [-0.4, -0.2) is 14.5 Å². The first-order valence-electron chi connectivity index (χ1n) is 9.49. The summed E-state index contributed by atoms with van der Waals surface area (Å²) in [5.74, 6) is 0.703. The fourth-order valence-corrected chi connectivity index (χ4v) is 5.31. The Balaban J connectivity index is 1.36. The molecule has 29 heavy (non-hydrogen) atoms. The maximum absolute atomic E-state index is 13.0. The summed E-state index contributed by atoms with van der Waals surface area (Å²) in [6, 6.07) is 15.8. The van der Waals surface area contributed by atoms with Gasteiger partial charge in [-0.05, 0) is 42.7 Å². The topological polar surface area (TPSA) is 47.8 Å². The molecule has 0 aliphatic heterocycles. The van der Waals surface area contributed by atoms with Gasteiger partial charge in [0, 0.05) is 28.6 Å². The van der Waals surface area contributed by atoms with E-state index in [9.17, 15) is 4.79 Å². The minimum absolute atomic E-state index is 0.0716. The zero-order valence-electron chi connectivity index (χ0n) is 15.5. The molecule has 7 heteroatoms. The average Bonchev–Trinajstić information content (AvgIpc) is 3.47. The van der Waals surface area contributed by atoms with Crippen LogP contribution in [-0.2, 0) is 12.2 Å². The number of hydrogen-bond acceptors (Lipinski definition) is 5. The third-order valence-corrected chi connectivity index (χ3v) is 7.04. The van der Waals surface area contributed by atoms with Crippen molar-refractivity contribution < 1.29 is 0 Å². The van der Waals surface area contributed by atoms with E-state index in [1.807, 2.05) is 53.1 Å². The fraction of sp³-hybridized carbons (Fsp3) is 0.227. The molecule has 0 saturated heterocycles. The molecular weight excluding hydrogens is 422 g/mol. The molecule has 0 bridgehead atoms. The molecule has 2 heterocycles. The van der Waals surface area contributed by atoms with Gasteiger partial charge in [0.2, 0.25) is 0 Å². The van der Waals surface area contributed by atoms with Crippen molar-refractivity contribution in [1.29, 1.82) is 0 Å². The molecule has 1 fully saturated rings. The van der Waals surface area contributed by atoms with E-state index in [1.54, 1.807) is 23.1 Å². The van der Waals surface area contributed by atoms with Crippen molar-refractivity contribution in [2.24, 2.45) is 0 Å². The molecule has 1 saturated carbocycles. The second-order valence-electron chi connectivity index (χ2n) is 7.14. The summed E-state index contributed by atoms with van der Waals surface area (Å²) in [5.41, 5.74) is 3.05. The highest BCUT2D eigenvalue weighted by atomic mass is 35.5. The van der Waals surface area contributed by atoms with E-state index >= 15 is 0 Å². The molecular formula is C22H18ClN3OS2. The lowest BCUT2D eigenvalue weighted by Gasteiger charge is -2.11. The molecule has 146 valence electrons. The van der Waals surface area contributed by atoms with Gasteiger partial charge in [-0.1, -0.05) is 47.6 Å². The SMILES string of the molecule is O=c1c2ccccc2nc(SCc2csc(Cc3ccc(Cl)cc3)n2)n1C1CC1. The molecule has 0 unspecified atom stereocenters. The number of nitrogens with zero attached hydrogens (tertiary/aromatic N) is 3. The van der Waals surface area contributed by atoms with Crippen molar-refractivity contribution in [2.45, 2.75) is 36.2 Å². The number of aromatic nitrogens is 3. The molecule has 0 spiro atoms. The first-order valence-corrected chi connectivity index (χ1v) is 11.7. The number of rotatable bonds is 6. The Labute approximate surface area is 181 Å². The van der Waals surface area contributed by atoms with Gasteiger partial charge in [0.25, 0.3) is 5.56 Å². The van der Waals surface area contributed by atoms with Crippen LogP contribution in [0.4, 0.5) is 0 Å². The number of para-hydroxylation sites is 1. The molecule has 0 radical (unpaired) electrons. The molecule has 1 aliphatic carbocycles. The largest absolute Gasteiger partial charge is 0.284 e. The molecule has 2 aromatic heterocycles. The molecule has 4 aromatic rings. The number of fused-ring (bicyclic) bond motifs is 1. The lowest BCUT2D eigenvalue weighted by Crippen LogP contribution is -2.22. The van der Waals surface area contributed by atoms with Crippen LogP contribution in [0.1, 0.15) is 35.1 Å². The van der Waals surface area contributed by atoms with Gasteiger partial charge < -0.3 is 0 Å². The van der Waals surface area contributed by atoms with E-state index in [4.69, 9.17) is 21.6 Å². The van der Waals surface area contributed by atoms with E-state index < -0.39 is 0 Å². The van der Waals surface area contributed by atoms with E-state index in [0.717, 1.165) is 45.7 Å². The lowest BCUT2D eigenvalue weighted by molar-refractivity contribution is 0.618. The van der Waals surface area contributed by atoms with Crippen molar-refractivity contribution in [2.75, 3.05) is 0 Å². The van der Waals surface area contributed by atoms with Gasteiger partial charge >= 0.3 is 0 Å². The molecule has 0 N–H and O–H groups in total.